The minimum absolute atomic E-state index is 0.00552. The molecule has 0 aromatic heterocycles. The van der Waals surface area contributed by atoms with Crippen LogP contribution < -0.4 is 10.1 Å². The van der Waals surface area contributed by atoms with Crippen molar-refractivity contribution in [2.24, 2.45) is 0 Å². The zero-order valence-corrected chi connectivity index (χ0v) is 16.1. The summed E-state index contributed by atoms with van der Waals surface area (Å²) >= 11 is 0. The minimum Gasteiger partial charge on any atom is -0.457 e. The molecule has 148 valence electrons. The molecule has 0 bridgehead atoms. The van der Waals surface area contributed by atoms with Crippen LogP contribution in [0.5, 0.6) is 11.5 Å². The molecular weight excluding hydrogens is 353 g/mol. The predicted octanol–water partition coefficient (Wildman–Crippen LogP) is 3.26. The average molecular weight is 381 g/mol. The third-order valence-electron chi connectivity index (χ3n) is 6.54. The molecule has 0 amide bonds. The van der Waals surface area contributed by atoms with Crippen molar-refractivity contribution < 1.29 is 9.13 Å². The number of hydrogen-bond acceptors (Lipinski definition) is 4. The monoisotopic (exact) mass is 381 g/mol. The van der Waals surface area contributed by atoms with Gasteiger partial charge in [0.1, 0.15) is 17.7 Å². The molecule has 0 aliphatic carbocycles. The highest BCUT2D eigenvalue weighted by molar-refractivity contribution is 5.34. The Bertz CT molecular complexity index is 774. The van der Waals surface area contributed by atoms with E-state index in [-0.39, 0.29) is 5.92 Å². The summed E-state index contributed by atoms with van der Waals surface area (Å²) in [5, 5.41) is 3.33. The first-order valence-electron chi connectivity index (χ1n) is 10.4. The quantitative estimate of drug-likeness (QED) is 0.860. The zero-order valence-electron chi connectivity index (χ0n) is 16.1. The van der Waals surface area contributed by atoms with E-state index >= 15 is 0 Å². The number of alkyl halides is 1. The van der Waals surface area contributed by atoms with Crippen molar-refractivity contribution in [3.63, 3.8) is 0 Å². The fourth-order valence-electron chi connectivity index (χ4n) is 4.59. The van der Waals surface area contributed by atoms with Gasteiger partial charge in [0.15, 0.2) is 0 Å². The van der Waals surface area contributed by atoms with Crippen molar-refractivity contribution in [2.75, 3.05) is 39.3 Å². The second-order valence-corrected chi connectivity index (χ2v) is 8.31. The summed E-state index contributed by atoms with van der Waals surface area (Å²) in [5.41, 5.74) is 1.09. The summed E-state index contributed by atoms with van der Waals surface area (Å²) < 4.78 is 20.8. The third kappa shape index (κ3) is 3.66. The molecule has 3 saturated heterocycles. The first-order valence-corrected chi connectivity index (χ1v) is 10.4. The van der Waals surface area contributed by atoms with Gasteiger partial charge in [0.25, 0.3) is 0 Å². The predicted molar refractivity (Wildman–Crippen MR) is 109 cm³/mol. The van der Waals surface area contributed by atoms with Gasteiger partial charge in [-0.1, -0.05) is 30.3 Å². The van der Waals surface area contributed by atoms with Crippen molar-refractivity contribution in [2.45, 2.75) is 30.6 Å². The van der Waals surface area contributed by atoms with Crippen LogP contribution in [-0.4, -0.2) is 67.3 Å². The number of benzene rings is 2. The van der Waals surface area contributed by atoms with Gasteiger partial charge in [0, 0.05) is 50.7 Å². The number of nitrogens with one attached hydrogen (secondary N) is 1. The molecule has 3 aliphatic heterocycles. The highest BCUT2D eigenvalue weighted by Gasteiger charge is 2.41. The Morgan fingerprint density at radius 1 is 0.821 bits per heavy atom. The molecule has 3 aliphatic rings. The van der Waals surface area contributed by atoms with E-state index in [9.17, 15) is 4.39 Å². The maximum absolute atomic E-state index is 15.0. The summed E-state index contributed by atoms with van der Waals surface area (Å²) in [5.74, 6) is 1.61. The van der Waals surface area contributed by atoms with Crippen LogP contribution in [0, 0.1) is 0 Å². The first-order chi connectivity index (χ1) is 13.8. The molecule has 3 heterocycles. The fourth-order valence-corrected chi connectivity index (χ4v) is 4.59. The molecule has 28 heavy (non-hydrogen) atoms. The number of likely N-dealkylation sites (tertiary alicyclic amines) is 2. The van der Waals surface area contributed by atoms with Crippen LogP contribution in [0.4, 0.5) is 4.39 Å². The number of nitrogens with zero attached hydrogens (tertiary/aromatic N) is 2. The Balaban J connectivity index is 1.15. The number of hydrogen-bond donors (Lipinski definition) is 1. The lowest BCUT2D eigenvalue weighted by Crippen LogP contribution is -2.69. The summed E-state index contributed by atoms with van der Waals surface area (Å²) in [4.78, 5) is 4.91. The van der Waals surface area contributed by atoms with Gasteiger partial charge in [0.2, 0.25) is 0 Å². The van der Waals surface area contributed by atoms with Gasteiger partial charge >= 0.3 is 0 Å². The van der Waals surface area contributed by atoms with Crippen LogP contribution in [0.3, 0.4) is 0 Å². The summed E-state index contributed by atoms with van der Waals surface area (Å²) in [6.07, 6.45) is 0.0933. The fraction of sp³-hybridized carbons (Fsp3) is 0.478. The lowest BCUT2D eigenvalue weighted by molar-refractivity contribution is -0.0325. The molecule has 2 aromatic rings. The van der Waals surface area contributed by atoms with Crippen LogP contribution in [0.15, 0.2) is 54.6 Å². The molecule has 3 fully saturated rings. The third-order valence-corrected chi connectivity index (χ3v) is 6.54. The van der Waals surface area contributed by atoms with Crippen molar-refractivity contribution >= 4 is 0 Å². The molecule has 0 spiro atoms. The number of rotatable bonds is 5. The smallest absolute Gasteiger partial charge is 0.127 e. The SMILES string of the molecule is F[C@@H]1CN(C2CN(C3CNC3)C2)CC[C@H]1c1ccc(Oc2ccccc2)cc1. The Morgan fingerprint density at radius 3 is 2.18 bits per heavy atom. The van der Waals surface area contributed by atoms with Crippen molar-refractivity contribution in [3.8, 4) is 11.5 Å². The Hall–Kier alpha value is -1.95. The molecule has 0 saturated carbocycles. The van der Waals surface area contributed by atoms with E-state index in [0.717, 1.165) is 56.2 Å². The highest BCUT2D eigenvalue weighted by atomic mass is 19.1. The van der Waals surface area contributed by atoms with E-state index in [1.807, 2.05) is 54.6 Å². The zero-order chi connectivity index (χ0) is 18.9. The van der Waals surface area contributed by atoms with Gasteiger partial charge in [-0.15, -0.1) is 0 Å². The van der Waals surface area contributed by atoms with Gasteiger partial charge < -0.3 is 10.1 Å². The van der Waals surface area contributed by atoms with E-state index in [4.69, 9.17) is 4.74 Å². The standard InChI is InChI=1S/C23H28FN3O/c24-23-16-26(19-14-27(15-19)18-12-25-13-18)11-10-22(23)17-6-8-21(9-7-17)28-20-4-2-1-3-5-20/h1-9,18-19,22-23,25H,10-16H2/t22-,23+/m0/s1. The molecular formula is C23H28FN3O. The maximum Gasteiger partial charge on any atom is 0.127 e. The lowest BCUT2D eigenvalue weighted by atomic mass is 9.86. The van der Waals surface area contributed by atoms with Crippen molar-refractivity contribution in [3.05, 3.63) is 60.2 Å². The number of halogens is 1. The van der Waals surface area contributed by atoms with Gasteiger partial charge in [-0.2, -0.15) is 0 Å². The molecule has 1 N–H and O–H groups in total. The molecule has 5 heteroatoms. The number of para-hydroxylation sites is 1. The highest BCUT2D eigenvalue weighted by Crippen LogP contribution is 2.34. The van der Waals surface area contributed by atoms with Crippen LogP contribution in [0.1, 0.15) is 17.9 Å². The molecule has 2 aromatic carbocycles. The van der Waals surface area contributed by atoms with E-state index < -0.39 is 6.17 Å². The van der Waals surface area contributed by atoms with E-state index in [0.29, 0.717) is 18.6 Å². The summed E-state index contributed by atoms with van der Waals surface area (Å²) in [7, 11) is 0. The largest absolute Gasteiger partial charge is 0.457 e. The summed E-state index contributed by atoms with van der Waals surface area (Å²) in [6, 6.07) is 19.0. The number of piperidine rings is 1. The van der Waals surface area contributed by atoms with Crippen LogP contribution in [0.2, 0.25) is 0 Å². The van der Waals surface area contributed by atoms with Gasteiger partial charge in [0.05, 0.1) is 0 Å². The first kappa shape index (κ1) is 18.1. The second-order valence-electron chi connectivity index (χ2n) is 8.31. The maximum atomic E-state index is 15.0. The minimum atomic E-state index is -0.797. The molecule has 5 rings (SSSR count). The van der Waals surface area contributed by atoms with E-state index in [1.165, 1.54) is 0 Å². The van der Waals surface area contributed by atoms with Crippen molar-refractivity contribution in [1.82, 2.24) is 15.1 Å². The van der Waals surface area contributed by atoms with Crippen molar-refractivity contribution in [1.29, 1.82) is 0 Å². The van der Waals surface area contributed by atoms with E-state index in [2.05, 4.69) is 15.1 Å². The molecule has 2 atom stereocenters. The van der Waals surface area contributed by atoms with Crippen LogP contribution in [-0.2, 0) is 0 Å². The molecule has 4 nitrogen and oxygen atoms in total. The van der Waals surface area contributed by atoms with E-state index in [1.54, 1.807) is 0 Å². The normalized spacial score (nSPS) is 27.2. The Morgan fingerprint density at radius 2 is 1.54 bits per heavy atom. The molecule has 0 radical (unpaired) electrons. The van der Waals surface area contributed by atoms with Gasteiger partial charge in [-0.05, 0) is 42.8 Å². The lowest BCUT2D eigenvalue weighted by Gasteiger charge is -2.53. The van der Waals surface area contributed by atoms with Crippen LogP contribution >= 0.6 is 0 Å². The van der Waals surface area contributed by atoms with Gasteiger partial charge in [-0.25, -0.2) is 4.39 Å². The Labute approximate surface area is 166 Å². The topological polar surface area (TPSA) is 27.7 Å². The van der Waals surface area contributed by atoms with Gasteiger partial charge in [-0.3, -0.25) is 9.80 Å². The second kappa shape index (κ2) is 7.82. The number of ether oxygens (including phenoxy) is 1. The Kier molecular flexibility index (Phi) is 5.05. The average Bonchev–Trinajstić information content (AvgIpc) is 2.64. The van der Waals surface area contributed by atoms with Crippen LogP contribution in [0.25, 0.3) is 0 Å². The molecule has 0 unspecified atom stereocenters. The summed E-state index contributed by atoms with van der Waals surface area (Å²) in [6.45, 7) is 6.00.